The van der Waals surface area contributed by atoms with Crippen LogP contribution in [0.1, 0.15) is 35.7 Å². The number of piperidine rings is 1. The van der Waals surface area contributed by atoms with E-state index in [0.29, 0.717) is 11.3 Å². The smallest absolute Gasteiger partial charge is 0.255 e. The van der Waals surface area contributed by atoms with Crippen molar-refractivity contribution in [3.05, 3.63) is 65.5 Å². The molecule has 1 atom stereocenters. The molecule has 1 saturated heterocycles. The van der Waals surface area contributed by atoms with Gasteiger partial charge in [-0.1, -0.05) is 25.1 Å². The van der Waals surface area contributed by atoms with Crippen LogP contribution >= 0.6 is 0 Å². The monoisotopic (exact) mass is 326 g/mol. The quantitative estimate of drug-likeness (QED) is 0.908. The number of hydrogen-bond acceptors (Lipinski definition) is 2. The van der Waals surface area contributed by atoms with Crippen molar-refractivity contribution >= 4 is 11.6 Å². The second-order valence-electron chi connectivity index (χ2n) is 6.64. The summed E-state index contributed by atoms with van der Waals surface area (Å²) in [5, 5.41) is 2.72. The maximum absolute atomic E-state index is 13.2. The van der Waals surface area contributed by atoms with E-state index in [1.807, 2.05) is 24.3 Å². The van der Waals surface area contributed by atoms with Gasteiger partial charge >= 0.3 is 0 Å². The van der Waals surface area contributed by atoms with Crippen LogP contribution in [0.5, 0.6) is 0 Å². The average molecular weight is 326 g/mol. The van der Waals surface area contributed by atoms with E-state index in [4.69, 9.17) is 0 Å². The van der Waals surface area contributed by atoms with Gasteiger partial charge in [0.05, 0.1) is 0 Å². The molecule has 1 N–H and O–H groups in total. The van der Waals surface area contributed by atoms with E-state index in [1.54, 1.807) is 12.1 Å². The molecule has 4 heteroatoms. The topological polar surface area (TPSA) is 32.3 Å². The Morgan fingerprint density at radius 2 is 2.04 bits per heavy atom. The second-order valence-corrected chi connectivity index (χ2v) is 6.64. The van der Waals surface area contributed by atoms with Crippen molar-refractivity contribution in [1.29, 1.82) is 0 Å². The molecule has 2 aromatic rings. The molecule has 3 rings (SSSR count). The van der Waals surface area contributed by atoms with Gasteiger partial charge in [-0.3, -0.25) is 9.69 Å². The first-order valence-corrected chi connectivity index (χ1v) is 8.48. The van der Waals surface area contributed by atoms with Crippen LogP contribution < -0.4 is 5.32 Å². The Kier molecular flexibility index (Phi) is 5.26. The Hall–Kier alpha value is -2.20. The van der Waals surface area contributed by atoms with Crippen molar-refractivity contribution in [2.24, 2.45) is 5.92 Å². The van der Waals surface area contributed by atoms with Crippen LogP contribution in [0.3, 0.4) is 0 Å². The van der Waals surface area contributed by atoms with Crippen LogP contribution in [0.4, 0.5) is 10.1 Å². The van der Waals surface area contributed by atoms with E-state index in [1.165, 1.54) is 30.5 Å². The van der Waals surface area contributed by atoms with Crippen molar-refractivity contribution in [1.82, 2.24) is 4.90 Å². The lowest BCUT2D eigenvalue weighted by Crippen LogP contribution is -2.33. The number of carbonyl (C=O) groups is 1. The van der Waals surface area contributed by atoms with Crippen molar-refractivity contribution in [3.63, 3.8) is 0 Å². The van der Waals surface area contributed by atoms with Crippen molar-refractivity contribution in [3.8, 4) is 0 Å². The fraction of sp³-hybridized carbons (Fsp3) is 0.350. The lowest BCUT2D eigenvalue weighted by molar-refractivity contribution is 0.102. The Labute approximate surface area is 142 Å². The highest BCUT2D eigenvalue weighted by Gasteiger charge is 2.16. The summed E-state index contributed by atoms with van der Waals surface area (Å²) in [4.78, 5) is 14.7. The minimum absolute atomic E-state index is 0.223. The summed E-state index contributed by atoms with van der Waals surface area (Å²) in [7, 11) is 0. The zero-order chi connectivity index (χ0) is 16.9. The first kappa shape index (κ1) is 16.7. The number of halogens is 1. The van der Waals surface area contributed by atoms with Gasteiger partial charge in [-0.2, -0.15) is 0 Å². The van der Waals surface area contributed by atoms with E-state index < -0.39 is 0 Å². The summed E-state index contributed by atoms with van der Waals surface area (Å²) in [6.45, 7) is 5.51. The molecule has 1 amide bonds. The van der Waals surface area contributed by atoms with Crippen LogP contribution in [0.25, 0.3) is 0 Å². The molecule has 1 unspecified atom stereocenters. The summed E-state index contributed by atoms with van der Waals surface area (Å²) in [6.07, 6.45) is 2.57. The maximum Gasteiger partial charge on any atom is 0.255 e. The molecule has 0 bridgehead atoms. The standard InChI is InChI=1S/C20H23FN2O/c1-15-4-3-11-23(13-15)14-16-7-9-17(10-8-16)20(24)22-19-6-2-5-18(21)12-19/h2,5-10,12,15H,3-4,11,13-14H2,1H3,(H,22,24). The van der Waals surface area contributed by atoms with Gasteiger partial charge in [0.1, 0.15) is 5.82 Å². The van der Waals surface area contributed by atoms with Crippen molar-refractivity contribution < 1.29 is 9.18 Å². The number of likely N-dealkylation sites (tertiary alicyclic amines) is 1. The first-order valence-electron chi connectivity index (χ1n) is 8.48. The molecule has 3 nitrogen and oxygen atoms in total. The fourth-order valence-corrected chi connectivity index (χ4v) is 3.22. The Morgan fingerprint density at radius 3 is 2.75 bits per heavy atom. The van der Waals surface area contributed by atoms with E-state index in [9.17, 15) is 9.18 Å². The molecule has 1 aliphatic rings. The summed E-state index contributed by atoms with van der Waals surface area (Å²) in [5.74, 6) is 0.174. The van der Waals surface area contributed by atoms with Gasteiger partial charge in [0.15, 0.2) is 0 Å². The lowest BCUT2D eigenvalue weighted by atomic mass is 9.99. The van der Waals surface area contributed by atoms with Gasteiger partial charge in [0.25, 0.3) is 5.91 Å². The molecule has 24 heavy (non-hydrogen) atoms. The fourth-order valence-electron chi connectivity index (χ4n) is 3.22. The van der Waals surface area contributed by atoms with Crippen LogP contribution in [0, 0.1) is 11.7 Å². The van der Waals surface area contributed by atoms with Crippen molar-refractivity contribution in [2.45, 2.75) is 26.3 Å². The minimum Gasteiger partial charge on any atom is -0.322 e. The SMILES string of the molecule is CC1CCCN(Cc2ccc(C(=O)Nc3cccc(F)c3)cc2)C1. The average Bonchev–Trinajstić information content (AvgIpc) is 2.55. The Morgan fingerprint density at radius 1 is 1.25 bits per heavy atom. The van der Waals surface area contributed by atoms with Crippen LogP contribution in [-0.2, 0) is 6.54 Å². The number of anilines is 1. The van der Waals surface area contributed by atoms with Crippen LogP contribution in [0.15, 0.2) is 48.5 Å². The molecule has 0 saturated carbocycles. The molecule has 1 heterocycles. The number of carbonyl (C=O) groups excluding carboxylic acids is 1. The van der Waals surface area contributed by atoms with Gasteiger partial charge in [-0.05, 0) is 61.2 Å². The normalized spacial score (nSPS) is 18.3. The third kappa shape index (κ3) is 4.42. The zero-order valence-corrected chi connectivity index (χ0v) is 14.0. The van der Waals surface area contributed by atoms with E-state index in [2.05, 4.69) is 17.1 Å². The van der Waals surface area contributed by atoms with Gasteiger partial charge in [-0.15, -0.1) is 0 Å². The summed E-state index contributed by atoms with van der Waals surface area (Å²) in [6, 6.07) is 13.6. The van der Waals surface area contributed by atoms with E-state index >= 15 is 0 Å². The van der Waals surface area contributed by atoms with Gasteiger partial charge < -0.3 is 5.32 Å². The summed E-state index contributed by atoms with van der Waals surface area (Å²) >= 11 is 0. The lowest BCUT2D eigenvalue weighted by Gasteiger charge is -2.30. The number of nitrogens with zero attached hydrogens (tertiary/aromatic N) is 1. The van der Waals surface area contributed by atoms with E-state index in [-0.39, 0.29) is 11.7 Å². The number of hydrogen-bond donors (Lipinski definition) is 1. The molecule has 0 aromatic heterocycles. The highest BCUT2D eigenvalue weighted by Crippen LogP contribution is 2.18. The third-order valence-electron chi connectivity index (χ3n) is 4.45. The highest BCUT2D eigenvalue weighted by molar-refractivity contribution is 6.04. The molecule has 1 aliphatic heterocycles. The molecule has 2 aromatic carbocycles. The maximum atomic E-state index is 13.2. The molecule has 0 radical (unpaired) electrons. The molecular weight excluding hydrogens is 303 g/mol. The second kappa shape index (κ2) is 7.58. The molecule has 0 aliphatic carbocycles. The number of amides is 1. The Bertz CT molecular complexity index is 699. The minimum atomic E-state index is -0.362. The highest BCUT2D eigenvalue weighted by atomic mass is 19.1. The van der Waals surface area contributed by atoms with Crippen molar-refractivity contribution in [2.75, 3.05) is 18.4 Å². The van der Waals surface area contributed by atoms with Crippen LogP contribution in [0.2, 0.25) is 0 Å². The Balaban J connectivity index is 1.60. The van der Waals surface area contributed by atoms with E-state index in [0.717, 1.165) is 25.6 Å². The number of nitrogens with one attached hydrogen (secondary N) is 1. The van der Waals surface area contributed by atoms with Crippen LogP contribution in [-0.4, -0.2) is 23.9 Å². The predicted molar refractivity (Wildman–Crippen MR) is 94.5 cm³/mol. The molecule has 1 fully saturated rings. The largest absolute Gasteiger partial charge is 0.322 e. The molecular formula is C20H23FN2O. The summed E-state index contributed by atoms with van der Waals surface area (Å²) < 4.78 is 13.2. The number of benzene rings is 2. The zero-order valence-electron chi connectivity index (χ0n) is 14.0. The third-order valence-corrected chi connectivity index (χ3v) is 4.45. The number of rotatable bonds is 4. The molecule has 126 valence electrons. The first-order chi connectivity index (χ1) is 11.6. The predicted octanol–water partition coefficient (Wildman–Crippen LogP) is 4.31. The summed E-state index contributed by atoms with van der Waals surface area (Å²) in [5.41, 5.74) is 2.26. The molecule has 0 spiro atoms. The van der Waals surface area contributed by atoms with Gasteiger partial charge in [-0.25, -0.2) is 4.39 Å². The van der Waals surface area contributed by atoms with Gasteiger partial charge in [0.2, 0.25) is 0 Å². The van der Waals surface area contributed by atoms with Gasteiger partial charge in [0, 0.05) is 24.3 Å².